The number of alkyl halides is 2. The van der Waals surface area contributed by atoms with Crippen LogP contribution in [0, 0.1) is 0 Å². The molecule has 1 heterocycles. The molecule has 0 fully saturated rings. The average Bonchev–Trinajstić information content (AvgIpc) is 3.09. The summed E-state index contributed by atoms with van der Waals surface area (Å²) in [5.74, 6) is -0.538. The van der Waals surface area contributed by atoms with E-state index in [1.165, 1.54) is 35.3 Å². The van der Waals surface area contributed by atoms with Crippen molar-refractivity contribution in [3.8, 4) is 11.4 Å². The van der Waals surface area contributed by atoms with Crippen LogP contribution in [-0.2, 0) is 0 Å². The molecule has 0 aliphatic carbocycles. The molecule has 0 radical (unpaired) electrons. The SMILES string of the molecule is O=C(Nc1cccc(-n2cnnn2)c1)c1cccc(OC(F)F)c1. The van der Waals surface area contributed by atoms with Crippen LogP contribution in [0.5, 0.6) is 5.75 Å². The first-order valence-corrected chi connectivity index (χ1v) is 6.81. The van der Waals surface area contributed by atoms with Crippen LogP contribution in [0.2, 0.25) is 0 Å². The minimum atomic E-state index is -2.95. The second-order valence-corrected chi connectivity index (χ2v) is 4.67. The molecular formula is C15H11F2N5O2. The Morgan fingerprint density at radius 1 is 1.17 bits per heavy atom. The lowest BCUT2D eigenvalue weighted by atomic mass is 10.2. The van der Waals surface area contributed by atoms with Crippen molar-refractivity contribution in [3.05, 3.63) is 60.4 Å². The molecule has 9 heteroatoms. The molecule has 0 atom stereocenters. The number of nitrogens with zero attached hydrogens (tertiary/aromatic N) is 4. The van der Waals surface area contributed by atoms with Gasteiger partial charge in [0.25, 0.3) is 5.91 Å². The van der Waals surface area contributed by atoms with Crippen molar-refractivity contribution in [2.24, 2.45) is 0 Å². The maximum atomic E-state index is 12.2. The molecule has 2 aromatic carbocycles. The van der Waals surface area contributed by atoms with Gasteiger partial charge in [-0.1, -0.05) is 12.1 Å². The lowest BCUT2D eigenvalue weighted by Crippen LogP contribution is -2.12. The maximum Gasteiger partial charge on any atom is 0.387 e. The summed E-state index contributed by atoms with van der Waals surface area (Å²) in [5.41, 5.74) is 1.36. The predicted octanol–water partition coefficient (Wildman–Crippen LogP) is 2.52. The third kappa shape index (κ3) is 3.69. The Bertz CT molecular complexity index is 839. The van der Waals surface area contributed by atoms with Crippen molar-refractivity contribution in [1.82, 2.24) is 20.2 Å². The summed E-state index contributed by atoms with van der Waals surface area (Å²) in [6.45, 7) is -2.95. The van der Waals surface area contributed by atoms with E-state index in [0.717, 1.165) is 0 Å². The van der Waals surface area contributed by atoms with Gasteiger partial charge in [-0.05, 0) is 46.8 Å². The van der Waals surface area contributed by atoms with Gasteiger partial charge in [0.1, 0.15) is 12.1 Å². The van der Waals surface area contributed by atoms with E-state index < -0.39 is 12.5 Å². The Morgan fingerprint density at radius 3 is 2.75 bits per heavy atom. The molecule has 0 saturated carbocycles. The zero-order valence-electron chi connectivity index (χ0n) is 12.1. The molecule has 0 saturated heterocycles. The molecule has 0 aliphatic heterocycles. The number of aromatic nitrogens is 4. The van der Waals surface area contributed by atoms with Crippen LogP contribution in [0.15, 0.2) is 54.9 Å². The summed E-state index contributed by atoms with van der Waals surface area (Å²) >= 11 is 0. The number of nitrogens with one attached hydrogen (secondary N) is 1. The van der Waals surface area contributed by atoms with E-state index in [2.05, 4.69) is 25.6 Å². The first-order chi connectivity index (χ1) is 11.6. The molecule has 1 aromatic heterocycles. The average molecular weight is 331 g/mol. The van der Waals surface area contributed by atoms with E-state index in [4.69, 9.17) is 0 Å². The number of halogens is 2. The Labute approximate surface area is 134 Å². The van der Waals surface area contributed by atoms with Gasteiger partial charge in [-0.2, -0.15) is 8.78 Å². The molecule has 0 unspecified atom stereocenters. The molecule has 122 valence electrons. The van der Waals surface area contributed by atoms with Crippen LogP contribution in [0.4, 0.5) is 14.5 Å². The highest BCUT2D eigenvalue weighted by atomic mass is 19.3. The smallest absolute Gasteiger partial charge is 0.387 e. The number of amides is 1. The number of carbonyl (C=O) groups excluding carboxylic acids is 1. The number of carbonyl (C=O) groups is 1. The number of tetrazole rings is 1. The minimum Gasteiger partial charge on any atom is -0.435 e. The number of benzene rings is 2. The summed E-state index contributed by atoms with van der Waals surface area (Å²) in [6.07, 6.45) is 1.42. The third-order valence-electron chi connectivity index (χ3n) is 3.04. The van der Waals surface area contributed by atoms with E-state index in [0.29, 0.717) is 11.4 Å². The van der Waals surface area contributed by atoms with E-state index in [9.17, 15) is 13.6 Å². The number of hydrogen-bond acceptors (Lipinski definition) is 5. The fourth-order valence-electron chi connectivity index (χ4n) is 2.02. The first-order valence-electron chi connectivity index (χ1n) is 6.81. The molecule has 7 nitrogen and oxygen atoms in total. The number of anilines is 1. The van der Waals surface area contributed by atoms with Crippen LogP contribution < -0.4 is 10.1 Å². The van der Waals surface area contributed by atoms with Crippen molar-refractivity contribution < 1.29 is 18.3 Å². The standard InChI is InChI=1S/C15H11F2N5O2/c16-15(17)24-13-6-1-3-10(7-13)14(23)19-11-4-2-5-12(8-11)22-9-18-20-21-22/h1-9,15H,(H,19,23). The largest absolute Gasteiger partial charge is 0.435 e. The highest BCUT2D eigenvalue weighted by Crippen LogP contribution is 2.18. The van der Waals surface area contributed by atoms with Gasteiger partial charge in [0, 0.05) is 11.3 Å². The fraction of sp³-hybridized carbons (Fsp3) is 0.0667. The van der Waals surface area contributed by atoms with Crippen LogP contribution in [0.3, 0.4) is 0 Å². The monoisotopic (exact) mass is 331 g/mol. The molecule has 0 aliphatic rings. The van der Waals surface area contributed by atoms with E-state index >= 15 is 0 Å². The molecule has 3 aromatic rings. The van der Waals surface area contributed by atoms with Gasteiger partial charge >= 0.3 is 6.61 Å². The highest BCUT2D eigenvalue weighted by molar-refractivity contribution is 6.04. The van der Waals surface area contributed by atoms with Gasteiger partial charge in [-0.15, -0.1) is 5.10 Å². The number of ether oxygens (including phenoxy) is 1. The molecule has 3 rings (SSSR count). The van der Waals surface area contributed by atoms with E-state index in [1.54, 1.807) is 24.3 Å². The van der Waals surface area contributed by atoms with Crippen molar-refractivity contribution in [3.63, 3.8) is 0 Å². The van der Waals surface area contributed by atoms with Gasteiger partial charge in [0.05, 0.1) is 5.69 Å². The molecule has 1 N–H and O–H groups in total. The Hall–Kier alpha value is -3.36. The van der Waals surface area contributed by atoms with Crippen LogP contribution in [0.25, 0.3) is 5.69 Å². The predicted molar refractivity (Wildman–Crippen MR) is 80.2 cm³/mol. The zero-order chi connectivity index (χ0) is 16.9. The quantitative estimate of drug-likeness (QED) is 0.777. The Morgan fingerprint density at radius 2 is 2.00 bits per heavy atom. The number of hydrogen-bond donors (Lipinski definition) is 1. The second-order valence-electron chi connectivity index (χ2n) is 4.67. The van der Waals surface area contributed by atoms with Crippen molar-refractivity contribution in [2.45, 2.75) is 6.61 Å². The topological polar surface area (TPSA) is 81.9 Å². The van der Waals surface area contributed by atoms with Crippen LogP contribution in [0.1, 0.15) is 10.4 Å². The van der Waals surface area contributed by atoms with Gasteiger partial charge in [0.2, 0.25) is 0 Å². The normalized spacial score (nSPS) is 10.6. The van der Waals surface area contributed by atoms with Gasteiger partial charge in [-0.25, -0.2) is 4.68 Å². The lowest BCUT2D eigenvalue weighted by Gasteiger charge is -2.09. The summed E-state index contributed by atoms with van der Waals surface area (Å²) in [6, 6.07) is 12.4. The summed E-state index contributed by atoms with van der Waals surface area (Å²) in [4.78, 5) is 12.2. The van der Waals surface area contributed by atoms with Gasteiger partial charge in [-0.3, -0.25) is 4.79 Å². The van der Waals surface area contributed by atoms with Crippen LogP contribution in [-0.4, -0.2) is 32.7 Å². The van der Waals surface area contributed by atoms with Crippen molar-refractivity contribution >= 4 is 11.6 Å². The molecule has 0 bridgehead atoms. The summed E-state index contributed by atoms with van der Waals surface area (Å²) in [5, 5.41) is 13.5. The minimum absolute atomic E-state index is 0.0832. The fourth-order valence-corrected chi connectivity index (χ4v) is 2.02. The number of rotatable bonds is 5. The highest BCUT2D eigenvalue weighted by Gasteiger charge is 2.10. The van der Waals surface area contributed by atoms with Crippen molar-refractivity contribution in [1.29, 1.82) is 0 Å². The summed E-state index contributed by atoms with van der Waals surface area (Å²) in [7, 11) is 0. The maximum absolute atomic E-state index is 12.2. The molecule has 1 amide bonds. The zero-order valence-corrected chi connectivity index (χ0v) is 12.1. The van der Waals surface area contributed by atoms with E-state index in [-0.39, 0.29) is 11.3 Å². The van der Waals surface area contributed by atoms with Gasteiger partial charge in [0.15, 0.2) is 0 Å². The van der Waals surface area contributed by atoms with Gasteiger partial charge < -0.3 is 10.1 Å². The Balaban J connectivity index is 1.76. The lowest BCUT2D eigenvalue weighted by molar-refractivity contribution is -0.0498. The Kier molecular flexibility index (Phi) is 4.41. The van der Waals surface area contributed by atoms with Crippen molar-refractivity contribution in [2.75, 3.05) is 5.32 Å². The third-order valence-corrected chi connectivity index (χ3v) is 3.04. The second kappa shape index (κ2) is 6.82. The molecule has 0 spiro atoms. The molecular weight excluding hydrogens is 320 g/mol. The first kappa shape index (κ1) is 15.5. The van der Waals surface area contributed by atoms with Crippen LogP contribution >= 0.6 is 0 Å². The molecule has 24 heavy (non-hydrogen) atoms. The summed E-state index contributed by atoms with van der Waals surface area (Å²) < 4.78 is 30.2. The van der Waals surface area contributed by atoms with E-state index in [1.807, 2.05) is 0 Å².